The van der Waals surface area contributed by atoms with Crippen molar-refractivity contribution >= 4 is 19.8 Å². The summed E-state index contributed by atoms with van der Waals surface area (Å²) >= 11 is 0. The molecule has 0 unspecified atom stereocenters. The minimum atomic E-state index is -3.48. The van der Waals surface area contributed by atoms with Crippen LogP contribution in [0.15, 0.2) is 87.5 Å². The zero-order valence-corrected chi connectivity index (χ0v) is 18.9. The average Bonchev–Trinajstić information content (AvgIpc) is 2.82. The Bertz CT molecular complexity index is 750. The zero-order chi connectivity index (χ0) is 24.2. The van der Waals surface area contributed by atoms with Crippen LogP contribution >= 0.6 is 7.82 Å². The van der Waals surface area contributed by atoms with Gasteiger partial charge in [-0.05, 0) is 12.1 Å². The summed E-state index contributed by atoms with van der Waals surface area (Å²) in [5, 5.41) is 0. The van der Waals surface area contributed by atoms with Gasteiger partial charge in [0.2, 0.25) is 0 Å². The van der Waals surface area contributed by atoms with E-state index in [0.29, 0.717) is 0 Å². The molecule has 0 heterocycles. The Morgan fingerprint density at radius 2 is 0.969 bits per heavy atom. The predicted molar refractivity (Wildman–Crippen MR) is 123 cm³/mol. The van der Waals surface area contributed by atoms with Gasteiger partial charge in [0, 0.05) is 0 Å². The van der Waals surface area contributed by atoms with Gasteiger partial charge in [0.25, 0.3) is 0 Å². The molecular formula is C23H29O8P. The maximum Gasteiger partial charge on any atom is 0.475 e. The number of ether oxygens (including phenoxy) is 2. The zero-order valence-electron chi connectivity index (χ0n) is 18.0. The van der Waals surface area contributed by atoms with Gasteiger partial charge in [-0.2, -0.15) is 0 Å². The summed E-state index contributed by atoms with van der Waals surface area (Å²) in [4.78, 5) is 23.4. The number of esters is 2. The minimum Gasteiger partial charge on any atom is -0.458 e. The van der Waals surface area contributed by atoms with E-state index in [1.165, 1.54) is 42.5 Å². The molecule has 0 bridgehead atoms. The van der Waals surface area contributed by atoms with Crippen LogP contribution in [-0.4, -0.2) is 45.0 Å². The first kappa shape index (κ1) is 29.0. The number of hydrogen-bond acceptors (Lipinski definition) is 8. The number of carbonyl (C=O) groups excluding carboxylic acids is 2. The Kier molecular flexibility index (Phi) is 16.0. The largest absolute Gasteiger partial charge is 0.475 e. The molecule has 0 N–H and O–H groups in total. The highest BCUT2D eigenvalue weighted by atomic mass is 31.2. The van der Waals surface area contributed by atoms with Gasteiger partial charge in [0.05, 0.1) is 30.9 Å². The first-order chi connectivity index (χ1) is 15.4. The van der Waals surface area contributed by atoms with Gasteiger partial charge in [-0.15, -0.1) is 19.7 Å². The van der Waals surface area contributed by atoms with Crippen LogP contribution in [0.3, 0.4) is 0 Å². The number of carbonyl (C=O) groups is 2. The number of benzene rings is 1. The van der Waals surface area contributed by atoms with Gasteiger partial charge in [-0.1, -0.05) is 55.7 Å². The molecule has 0 aliphatic heterocycles. The Morgan fingerprint density at radius 1 is 0.656 bits per heavy atom. The van der Waals surface area contributed by atoms with E-state index in [0.717, 1.165) is 0 Å². The molecule has 0 fully saturated rings. The molecule has 0 saturated carbocycles. The molecule has 9 heteroatoms. The molecule has 0 aliphatic rings. The lowest BCUT2D eigenvalue weighted by Crippen LogP contribution is -2.14. The molecule has 1 rings (SSSR count). The van der Waals surface area contributed by atoms with Crippen molar-refractivity contribution in [2.45, 2.75) is 0 Å². The van der Waals surface area contributed by atoms with Gasteiger partial charge >= 0.3 is 19.8 Å². The van der Waals surface area contributed by atoms with Crippen molar-refractivity contribution in [3.05, 3.63) is 98.7 Å². The molecule has 0 aliphatic carbocycles. The molecule has 174 valence electrons. The molecule has 0 atom stereocenters. The van der Waals surface area contributed by atoms with E-state index in [1.54, 1.807) is 12.1 Å². The van der Waals surface area contributed by atoms with Crippen molar-refractivity contribution in [2.75, 3.05) is 33.0 Å². The lowest BCUT2D eigenvalue weighted by Gasteiger charge is -2.15. The van der Waals surface area contributed by atoms with E-state index >= 15 is 0 Å². The van der Waals surface area contributed by atoms with E-state index in [4.69, 9.17) is 23.0 Å². The summed E-state index contributed by atoms with van der Waals surface area (Å²) in [6, 6.07) is 6.31. The Labute approximate surface area is 189 Å². The Hall–Kier alpha value is -3.03. The van der Waals surface area contributed by atoms with Crippen molar-refractivity contribution in [3.8, 4) is 0 Å². The van der Waals surface area contributed by atoms with Crippen molar-refractivity contribution < 1.29 is 37.2 Å². The van der Waals surface area contributed by atoms with Crippen LogP contribution in [0.1, 0.15) is 20.7 Å². The predicted octanol–water partition coefficient (Wildman–Crippen LogP) is 5.07. The van der Waals surface area contributed by atoms with E-state index in [-0.39, 0.29) is 44.2 Å². The van der Waals surface area contributed by atoms with Crippen LogP contribution in [0.4, 0.5) is 0 Å². The maximum atomic E-state index is 11.7. The first-order valence-electron chi connectivity index (χ1n) is 9.40. The summed E-state index contributed by atoms with van der Waals surface area (Å²) in [6.07, 6.45) is 7.29. The highest BCUT2D eigenvalue weighted by molar-refractivity contribution is 7.48. The van der Waals surface area contributed by atoms with Crippen LogP contribution in [0, 0.1) is 0 Å². The van der Waals surface area contributed by atoms with E-state index < -0.39 is 19.8 Å². The lowest BCUT2D eigenvalue weighted by molar-refractivity contribution is 0.0503. The van der Waals surface area contributed by atoms with Crippen LogP contribution < -0.4 is 0 Å². The number of rotatable bonds is 15. The first-order valence-corrected chi connectivity index (χ1v) is 10.9. The second-order valence-corrected chi connectivity index (χ2v) is 7.19. The standard InChI is InChI=1S/C14H14O4.C9H15O4P/c1-3-9-17-13(15)11-7-5-6-8-12(11)14(16)18-10-4-2;1-4-7-11-14(10,12-8-5-2)13-9-6-3/h3-8H,1-2,9-10H2;4-6H,1-3,7-9H2. The van der Waals surface area contributed by atoms with Crippen molar-refractivity contribution in [1.82, 2.24) is 0 Å². The fourth-order valence-electron chi connectivity index (χ4n) is 1.81. The molecule has 0 saturated heterocycles. The summed E-state index contributed by atoms with van der Waals surface area (Å²) in [5.74, 6) is -1.16. The van der Waals surface area contributed by atoms with Crippen molar-refractivity contribution in [1.29, 1.82) is 0 Å². The van der Waals surface area contributed by atoms with Gasteiger partial charge in [-0.3, -0.25) is 13.6 Å². The number of phosphoric acid groups is 1. The van der Waals surface area contributed by atoms with E-state index in [9.17, 15) is 14.2 Å². The van der Waals surface area contributed by atoms with Crippen LogP contribution in [-0.2, 0) is 27.6 Å². The minimum absolute atomic E-state index is 0.0921. The van der Waals surface area contributed by atoms with Crippen molar-refractivity contribution in [3.63, 3.8) is 0 Å². The molecule has 0 amide bonds. The van der Waals surface area contributed by atoms with Crippen LogP contribution in [0.5, 0.6) is 0 Å². The van der Waals surface area contributed by atoms with Gasteiger partial charge in [-0.25, -0.2) is 14.2 Å². The number of hydrogen-bond donors (Lipinski definition) is 0. The van der Waals surface area contributed by atoms with Gasteiger partial charge in [0.1, 0.15) is 13.2 Å². The summed E-state index contributed by atoms with van der Waals surface area (Å²) < 4.78 is 36.1. The average molecular weight is 464 g/mol. The van der Waals surface area contributed by atoms with Crippen LogP contribution in [0.25, 0.3) is 0 Å². The molecule has 0 aromatic heterocycles. The quantitative estimate of drug-likeness (QED) is 0.202. The Balaban J connectivity index is 0.000000622. The normalized spacial score (nSPS) is 10.0. The molecule has 8 nitrogen and oxygen atoms in total. The fourth-order valence-corrected chi connectivity index (χ4v) is 2.90. The van der Waals surface area contributed by atoms with E-state index in [2.05, 4.69) is 32.9 Å². The molecule has 1 aromatic rings. The molecular weight excluding hydrogens is 435 g/mol. The third-order valence-corrected chi connectivity index (χ3v) is 4.48. The lowest BCUT2D eigenvalue weighted by atomic mass is 10.1. The SMILES string of the molecule is C=CCOC(=O)c1ccccc1C(=O)OCC=C.C=CCOP(=O)(OCC=C)OCC=C. The van der Waals surface area contributed by atoms with Gasteiger partial charge in [0.15, 0.2) is 0 Å². The van der Waals surface area contributed by atoms with E-state index in [1.807, 2.05) is 0 Å². The highest BCUT2D eigenvalue weighted by Gasteiger charge is 2.24. The summed E-state index contributed by atoms with van der Waals surface area (Å²) in [6.45, 7) is 17.7. The topological polar surface area (TPSA) is 97.4 Å². The van der Waals surface area contributed by atoms with Gasteiger partial charge < -0.3 is 9.47 Å². The monoisotopic (exact) mass is 464 g/mol. The van der Waals surface area contributed by atoms with Crippen molar-refractivity contribution in [2.24, 2.45) is 0 Å². The second-order valence-electron chi connectivity index (χ2n) is 5.52. The second kappa shape index (κ2) is 17.6. The third kappa shape index (κ3) is 12.0. The molecule has 0 radical (unpaired) electrons. The number of phosphoric ester groups is 1. The molecule has 32 heavy (non-hydrogen) atoms. The summed E-state index contributed by atoms with van der Waals surface area (Å²) in [7, 11) is -3.48. The smallest absolute Gasteiger partial charge is 0.458 e. The highest BCUT2D eigenvalue weighted by Crippen LogP contribution is 2.49. The van der Waals surface area contributed by atoms with Crippen LogP contribution in [0.2, 0.25) is 0 Å². The third-order valence-electron chi connectivity index (χ3n) is 3.08. The molecule has 0 spiro atoms. The Morgan fingerprint density at radius 3 is 1.25 bits per heavy atom. The summed E-state index contributed by atoms with van der Waals surface area (Å²) in [5.41, 5.74) is 0.349. The fraction of sp³-hybridized carbons (Fsp3) is 0.217. The molecule has 1 aromatic carbocycles. The maximum absolute atomic E-state index is 11.7.